The molecule has 1 aromatic rings. The molecular formula is C16H25N. The largest absolute Gasteiger partial charge is 0.325 e. The van der Waals surface area contributed by atoms with Crippen molar-refractivity contribution in [2.45, 2.75) is 63.8 Å². The van der Waals surface area contributed by atoms with Gasteiger partial charge in [-0.25, -0.2) is 0 Å². The van der Waals surface area contributed by atoms with Gasteiger partial charge in [0.1, 0.15) is 0 Å². The molecule has 1 aliphatic rings. The third kappa shape index (κ3) is 3.57. The molecule has 1 nitrogen and oxygen atoms in total. The molecule has 0 radical (unpaired) electrons. The van der Waals surface area contributed by atoms with E-state index >= 15 is 0 Å². The Balaban J connectivity index is 2.02. The summed E-state index contributed by atoms with van der Waals surface area (Å²) in [7, 11) is 0. The average Bonchev–Trinajstić information content (AvgIpc) is 2.55. The number of hydrogen-bond donors (Lipinski definition) is 1. The lowest BCUT2D eigenvalue weighted by molar-refractivity contribution is 0.369. The molecule has 0 saturated heterocycles. The second-order valence-electron chi connectivity index (χ2n) is 5.62. The van der Waals surface area contributed by atoms with E-state index < -0.39 is 0 Å². The maximum absolute atomic E-state index is 6.56. The van der Waals surface area contributed by atoms with Crippen molar-refractivity contribution in [1.29, 1.82) is 0 Å². The predicted molar refractivity (Wildman–Crippen MR) is 74.1 cm³/mol. The smallest absolute Gasteiger partial charge is 0.0195 e. The van der Waals surface area contributed by atoms with E-state index in [-0.39, 0.29) is 5.54 Å². The quantitative estimate of drug-likeness (QED) is 0.786. The molecule has 1 saturated carbocycles. The molecule has 1 heteroatoms. The fraction of sp³-hybridized carbons (Fsp3) is 0.625. The molecule has 1 aromatic carbocycles. The van der Waals surface area contributed by atoms with Crippen LogP contribution in [0.5, 0.6) is 0 Å². The number of nitrogens with two attached hydrogens (primary N) is 1. The predicted octanol–water partition coefficient (Wildman–Crippen LogP) is 3.84. The minimum absolute atomic E-state index is 0.0598. The topological polar surface area (TPSA) is 26.0 Å². The molecule has 0 bridgehead atoms. The number of hydrogen-bond acceptors (Lipinski definition) is 1. The minimum Gasteiger partial charge on any atom is -0.325 e. The van der Waals surface area contributed by atoms with Gasteiger partial charge in [0.25, 0.3) is 0 Å². The van der Waals surface area contributed by atoms with Crippen LogP contribution in [0.2, 0.25) is 0 Å². The molecule has 0 unspecified atom stereocenters. The number of benzene rings is 1. The highest BCUT2D eigenvalue weighted by molar-refractivity contribution is 5.24. The van der Waals surface area contributed by atoms with E-state index in [9.17, 15) is 0 Å². The normalized spacial score (nSPS) is 19.9. The summed E-state index contributed by atoms with van der Waals surface area (Å²) in [6, 6.07) is 9.02. The first-order valence-electron chi connectivity index (χ1n) is 7.08. The van der Waals surface area contributed by atoms with Crippen molar-refractivity contribution in [3.05, 3.63) is 35.4 Å². The van der Waals surface area contributed by atoms with Gasteiger partial charge >= 0.3 is 0 Å². The van der Waals surface area contributed by atoms with E-state index in [0.717, 1.165) is 12.8 Å². The zero-order valence-electron chi connectivity index (χ0n) is 11.0. The zero-order valence-corrected chi connectivity index (χ0v) is 11.0. The lowest BCUT2D eigenvalue weighted by Crippen LogP contribution is -2.41. The van der Waals surface area contributed by atoms with Gasteiger partial charge in [-0.15, -0.1) is 0 Å². The van der Waals surface area contributed by atoms with Crippen molar-refractivity contribution in [1.82, 2.24) is 0 Å². The molecule has 0 heterocycles. The first-order chi connectivity index (χ1) is 8.22. The summed E-state index contributed by atoms with van der Waals surface area (Å²) in [4.78, 5) is 0. The highest BCUT2D eigenvalue weighted by Crippen LogP contribution is 2.28. The van der Waals surface area contributed by atoms with Crippen LogP contribution in [0.15, 0.2) is 24.3 Å². The fourth-order valence-corrected chi connectivity index (χ4v) is 2.91. The van der Waals surface area contributed by atoms with Gasteiger partial charge in [-0.1, -0.05) is 56.9 Å². The third-order valence-corrected chi connectivity index (χ3v) is 4.09. The first-order valence-corrected chi connectivity index (χ1v) is 7.08. The number of aryl methyl sites for hydroxylation is 1. The monoisotopic (exact) mass is 231 g/mol. The van der Waals surface area contributed by atoms with Crippen LogP contribution >= 0.6 is 0 Å². The molecular weight excluding hydrogens is 206 g/mol. The van der Waals surface area contributed by atoms with Crippen LogP contribution < -0.4 is 5.73 Å². The Labute approximate surface area is 105 Å². The van der Waals surface area contributed by atoms with E-state index in [1.54, 1.807) is 0 Å². The maximum Gasteiger partial charge on any atom is 0.0195 e. The van der Waals surface area contributed by atoms with E-state index in [1.807, 2.05) is 0 Å². The van der Waals surface area contributed by atoms with Crippen molar-refractivity contribution in [2.75, 3.05) is 0 Å². The van der Waals surface area contributed by atoms with Crippen LogP contribution in [0.25, 0.3) is 0 Å². The molecule has 0 aromatic heterocycles. The van der Waals surface area contributed by atoms with E-state index in [2.05, 4.69) is 31.2 Å². The van der Waals surface area contributed by atoms with E-state index in [4.69, 9.17) is 5.73 Å². The lowest BCUT2D eigenvalue weighted by Gasteiger charge is -2.28. The summed E-state index contributed by atoms with van der Waals surface area (Å²) in [6.45, 7) is 2.20. The standard InChI is InChI=1S/C16H25N/c1-2-14-7-9-15(10-8-14)13-16(17)11-5-3-4-6-12-16/h7-10H,2-6,11-13,17H2,1H3. The van der Waals surface area contributed by atoms with Gasteiger partial charge in [-0.05, 0) is 36.8 Å². The second kappa shape index (κ2) is 5.68. The van der Waals surface area contributed by atoms with Gasteiger partial charge in [-0.3, -0.25) is 0 Å². The van der Waals surface area contributed by atoms with Crippen LogP contribution in [0.1, 0.15) is 56.6 Å². The van der Waals surface area contributed by atoms with Crippen LogP contribution in [0.4, 0.5) is 0 Å². The van der Waals surface area contributed by atoms with Gasteiger partial charge in [0, 0.05) is 5.54 Å². The average molecular weight is 231 g/mol. The second-order valence-corrected chi connectivity index (χ2v) is 5.62. The Hall–Kier alpha value is -0.820. The van der Waals surface area contributed by atoms with Gasteiger partial charge in [0.2, 0.25) is 0 Å². The SMILES string of the molecule is CCc1ccc(CC2(N)CCCCCC2)cc1. The van der Waals surface area contributed by atoms with Crippen molar-refractivity contribution in [3.63, 3.8) is 0 Å². The highest BCUT2D eigenvalue weighted by Gasteiger charge is 2.26. The van der Waals surface area contributed by atoms with Crippen LogP contribution in [0, 0.1) is 0 Å². The van der Waals surface area contributed by atoms with Crippen molar-refractivity contribution >= 4 is 0 Å². The molecule has 1 fully saturated rings. The summed E-state index contributed by atoms with van der Waals surface area (Å²) >= 11 is 0. The van der Waals surface area contributed by atoms with Crippen LogP contribution in [0.3, 0.4) is 0 Å². The maximum atomic E-state index is 6.56. The van der Waals surface area contributed by atoms with Crippen LogP contribution in [-0.2, 0) is 12.8 Å². The molecule has 94 valence electrons. The fourth-order valence-electron chi connectivity index (χ4n) is 2.91. The van der Waals surface area contributed by atoms with Gasteiger partial charge in [0.15, 0.2) is 0 Å². The highest BCUT2D eigenvalue weighted by atomic mass is 14.7. The summed E-state index contributed by atoms with van der Waals surface area (Å²) < 4.78 is 0. The third-order valence-electron chi connectivity index (χ3n) is 4.09. The summed E-state index contributed by atoms with van der Waals surface area (Å²) in [5, 5.41) is 0. The molecule has 17 heavy (non-hydrogen) atoms. The van der Waals surface area contributed by atoms with Crippen molar-refractivity contribution in [3.8, 4) is 0 Å². The Morgan fingerprint density at radius 2 is 1.47 bits per heavy atom. The molecule has 0 atom stereocenters. The molecule has 2 N–H and O–H groups in total. The van der Waals surface area contributed by atoms with Crippen molar-refractivity contribution < 1.29 is 0 Å². The van der Waals surface area contributed by atoms with E-state index in [1.165, 1.54) is 49.7 Å². The van der Waals surface area contributed by atoms with Gasteiger partial charge in [-0.2, -0.15) is 0 Å². The van der Waals surface area contributed by atoms with Gasteiger partial charge in [0.05, 0.1) is 0 Å². The summed E-state index contributed by atoms with van der Waals surface area (Å²) in [6.07, 6.45) is 9.92. The van der Waals surface area contributed by atoms with Crippen LogP contribution in [-0.4, -0.2) is 5.54 Å². The summed E-state index contributed by atoms with van der Waals surface area (Å²) in [5.74, 6) is 0. The number of rotatable bonds is 3. The molecule has 2 rings (SSSR count). The van der Waals surface area contributed by atoms with Gasteiger partial charge < -0.3 is 5.73 Å². The molecule has 0 amide bonds. The molecule has 1 aliphatic carbocycles. The zero-order chi connectivity index (χ0) is 12.1. The molecule has 0 spiro atoms. The first kappa shape index (κ1) is 12.6. The Kier molecular flexibility index (Phi) is 4.22. The Morgan fingerprint density at radius 1 is 0.941 bits per heavy atom. The van der Waals surface area contributed by atoms with E-state index in [0.29, 0.717) is 0 Å². The molecule has 0 aliphatic heterocycles. The lowest BCUT2D eigenvalue weighted by atomic mass is 9.85. The van der Waals surface area contributed by atoms with Crippen molar-refractivity contribution in [2.24, 2.45) is 5.73 Å². The summed E-state index contributed by atoms with van der Waals surface area (Å²) in [5.41, 5.74) is 9.45. The minimum atomic E-state index is 0.0598. The Morgan fingerprint density at radius 3 is 2.00 bits per heavy atom. The Bertz CT molecular complexity index is 331.